The smallest absolute Gasteiger partial charge is 0.331 e. The van der Waals surface area contributed by atoms with Gasteiger partial charge in [0.1, 0.15) is 0 Å². The first-order valence-corrected chi connectivity index (χ1v) is 9.37. The Morgan fingerprint density at radius 2 is 2.16 bits per heavy atom. The van der Waals surface area contributed by atoms with Gasteiger partial charge >= 0.3 is 5.97 Å². The summed E-state index contributed by atoms with van der Waals surface area (Å²) in [5.74, 6) is -1.23. The van der Waals surface area contributed by atoms with Gasteiger partial charge in [-0.2, -0.15) is 0 Å². The molecule has 3 amide bonds. The lowest BCUT2D eigenvalue weighted by molar-refractivity contribution is -0.150. The van der Waals surface area contributed by atoms with Gasteiger partial charge in [0.15, 0.2) is 6.10 Å². The summed E-state index contributed by atoms with van der Waals surface area (Å²) in [6.07, 6.45) is 1.93. The van der Waals surface area contributed by atoms with Gasteiger partial charge < -0.3 is 10.1 Å². The van der Waals surface area contributed by atoms with Crippen molar-refractivity contribution in [3.63, 3.8) is 0 Å². The molecule has 1 saturated heterocycles. The second-order valence-electron chi connectivity index (χ2n) is 5.25. The molecule has 0 bridgehead atoms. The molecule has 134 valence electrons. The van der Waals surface area contributed by atoms with E-state index in [0.717, 1.165) is 26.4 Å². The molecule has 1 aromatic heterocycles. The predicted octanol–water partition coefficient (Wildman–Crippen LogP) is 1.81. The summed E-state index contributed by atoms with van der Waals surface area (Å²) in [6.45, 7) is 3.64. The second-order valence-corrected chi connectivity index (χ2v) is 7.50. The van der Waals surface area contributed by atoms with Gasteiger partial charge in [-0.15, -0.1) is 11.3 Å². The number of thiophene rings is 1. The van der Waals surface area contributed by atoms with Crippen LogP contribution in [0.5, 0.6) is 0 Å². The Bertz CT molecular complexity index is 697. The molecule has 1 aromatic rings. The highest BCUT2D eigenvalue weighted by atomic mass is 32.2. The number of aryl methyl sites for hydroxylation is 1. The Balaban J connectivity index is 1.72. The fourth-order valence-corrected chi connectivity index (χ4v) is 3.52. The topological polar surface area (TPSA) is 92.8 Å². The summed E-state index contributed by atoms with van der Waals surface area (Å²) in [6, 6.07) is 3.83. The molecule has 0 saturated carbocycles. The molecule has 7 nitrogen and oxygen atoms in total. The zero-order valence-electron chi connectivity index (χ0n) is 13.8. The third-order valence-corrected chi connectivity index (χ3v) is 5.11. The Morgan fingerprint density at radius 3 is 2.76 bits per heavy atom. The van der Waals surface area contributed by atoms with E-state index in [1.165, 1.54) is 13.0 Å². The largest absolute Gasteiger partial charge is 0.449 e. The van der Waals surface area contributed by atoms with Crippen molar-refractivity contribution in [3.8, 4) is 0 Å². The minimum atomic E-state index is -0.971. The van der Waals surface area contributed by atoms with E-state index in [9.17, 15) is 19.2 Å². The van der Waals surface area contributed by atoms with Crippen LogP contribution in [0.1, 0.15) is 16.7 Å². The van der Waals surface area contributed by atoms with Gasteiger partial charge in [-0.25, -0.2) is 4.79 Å². The number of carbonyl (C=O) groups excluding carboxylic acids is 4. The van der Waals surface area contributed by atoms with Crippen molar-refractivity contribution in [1.82, 2.24) is 10.2 Å². The first kappa shape index (κ1) is 19.2. The van der Waals surface area contributed by atoms with Gasteiger partial charge in [-0.1, -0.05) is 11.8 Å². The number of imide groups is 1. The zero-order valence-corrected chi connectivity index (χ0v) is 15.4. The SMILES string of the molecule is Cc1ccc(/C=C/C(=O)O[C@H](C)C(=O)NCCN2C(=O)CSC2=O)s1. The number of esters is 1. The summed E-state index contributed by atoms with van der Waals surface area (Å²) in [4.78, 5) is 49.6. The molecular formula is C16H18N2O5S2. The third kappa shape index (κ3) is 5.71. The van der Waals surface area contributed by atoms with Gasteiger partial charge in [0, 0.05) is 28.9 Å². The van der Waals surface area contributed by atoms with Gasteiger partial charge in [0.2, 0.25) is 5.91 Å². The van der Waals surface area contributed by atoms with Crippen molar-refractivity contribution in [2.45, 2.75) is 20.0 Å². The van der Waals surface area contributed by atoms with E-state index < -0.39 is 18.0 Å². The van der Waals surface area contributed by atoms with Crippen LogP contribution in [0.2, 0.25) is 0 Å². The van der Waals surface area contributed by atoms with Crippen molar-refractivity contribution in [2.75, 3.05) is 18.8 Å². The van der Waals surface area contributed by atoms with Crippen molar-refractivity contribution in [1.29, 1.82) is 0 Å². The van der Waals surface area contributed by atoms with E-state index in [-0.39, 0.29) is 30.0 Å². The number of ether oxygens (including phenoxy) is 1. The van der Waals surface area contributed by atoms with Crippen LogP contribution >= 0.6 is 23.1 Å². The summed E-state index contributed by atoms with van der Waals surface area (Å²) in [7, 11) is 0. The van der Waals surface area contributed by atoms with Gasteiger partial charge in [0.25, 0.3) is 11.1 Å². The maximum atomic E-state index is 11.9. The molecule has 0 radical (unpaired) electrons. The van der Waals surface area contributed by atoms with Crippen molar-refractivity contribution in [2.24, 2.45) is 0 Å². The first-order chi connectivity index (χ1) is 11.9. The number of nitrogens with one attached hydrogen (secondary N) is 1. The predicted molar refractivity (Wildman–Crippen MR) is 96.2 cm³/mol. The number of rotatable bonds is 7. The Morgan fingerprint density at radius 1 is 1.40 bits per heavy atom. The number of carbonyl (C=O) groups is 4. The molecule has 0 aliphatic carbocycles. The summed E-state index contributed by atoms with van der Waals surface area (Å²) in [5.41, 5.74) is 0. The number of amides is 3. The lowest BCUT2D eigenvalue weighted by Crippen LogP contribution is -2.41. The van der Waals surface area contributed by atoms with Crippen molar-refractivity contribution in [3.05, 3.63) is 28.0 Å². The monoisotopic (exact) mass is 382 g/mol. The van der Waals surface area contributed by atoms with Gasteiger partial charge in [-0.05, 0) is 32.1 Å². The Hall–Kier alpha value is -2.13. The fraction of sp³-hybridized carbons (Fsp3) is 0.375. The molecule has 1 atom stereocenters. The van der Waals surface area contributed by atoms with Crippen LogP contribution in [0.15, 0.2) is 18.2 Å². The minimum Gasteiger partial charge on any atom is -0.449 e. The number of thioether (sulfide) groups is 1. The van der Waals surface area contributed by atoms with Gasteiger partial charge in [-0.3, -0.25) is 19.3 Å². The first-order valence-electron chi connectivity index (χ1n) is 7.57. The van der Waals surface area contributed by atoms with E-state index in [1.807, 2.05) is 19.1 Å². The molecule has 0 spiro atoms. The molecule has 1 aliphatic rings. The molecule has 1 aliphatic heterocycles. The Kier molecular flexibility index (Phi) is 6.77. The molecule has 2 rings (SSSR count). The van der Waals surface area contributed by atoms with Crippen LogP contribution < -0.4 is 5.32 Å². The average Bonchev–Trinajstić information content (AvgIpc) is 3.12. The highest BCUT2D eigenvalue weighted by Gasteiger charge is 2.29. The van der Waals surface area contributed by atoms with Crippen LogP contribution in [0.3, 0.4) is 0 Å². The highest BCUT2D eigenvalue weighted by molar-refractivity contribution is 8.14. The summed E-state index contributed by atoms with van der Waals surface area (Å²) < 4.78 is 5.02. The van der Waals surface area contributed by atoms with E-state index in [2.05, 4.69) is 5.32 Å². The fourth-order valence-electron chi connectivity index (χ4n) is 1.99. The van der Waals surface area contributed by atoms with Gasteiger partial charge in [0.05, 0.1) is 5.75 Å². The number of hydrogen-bond acceptors (Lipinski definition) is 7. The second kappa shape index (κ2) is 8.82. The van der Waals surface area contributed by atoms with E-state index in [1.54, 1.807) is 17.4 Å². The van der Waals surface area contributed by atoms with Crippen LogP contribution in [0.4, 0.5) is 4.79 Å². The maximum Gasteiger partial charge on any atom is 0.331 e. The van der Waals surface area contributed by atoms with Crippen LogP contribution in [-0.4, -0.2) is 52.9 Å². The van der Waals surface area contributed by atoms with Crippen LogP contribution in [0, 0.1) is 6.92 Å². The van der Waals surface area contributed by atoms with E-state index in [4.69, 9.17) is 4.74 Å². The van der Waals surface area contributed by atoms with Crippen LogP contribution in [0.25, 0.3) is 6.08 Å². The molecule has 2 heterocycles. The molecule has 25 heavy (non-hydrogen) atoms. The standard InChI is InChI=1S/C16H18N2O5S2/c1-10-3-4-12(25-10)5-6-14(20)23-11(2)15(21)17-7-8-18-13(19)9-24-16(18)22/h3-6,11H,7-9H2,1-2H3,(H,17,21)/b6-5+/t11-/m1/s1. The average molecular weight is 382 g/mol. The molecular weight excluding hydrogens is 364 g/mol. The normalized spacial score (nSPS) is 15.7. The molecule has 9 heteroatoms. The molecule has 0 aromatic carbocycles. The van der Waals surface area contributed by atoms with E-state index in [0.29, 0.717) is 0 Å². The van der Waals surface area contributed by atoms with E-state index >= 15 is 0 Å². The third-order valence-electron chi connectivity index (χ3n) is 3.28. The van der Waals surface area contributed by atoms with Crippen molar-refractivity contribution < 1.29 is 23.9 Å². The molecule has 1 N–H and O–H groups in total. The Labute approximate surface area is 153 Å². The quantitative estimate of drug-likeness (QED) is 0.571. The molecule has 0 unspecified atom stereocenters. The van der Waals surface area contributed by atoms with Crippen LogP contribution in [-0.2, 0) is 19.1 Å². The lowest BCUT2D eigenvalue weighted by atomic mass is 10.3. The minimum absolute atomic E-state index is 0.106. The summed E-state index contributed by atoms with van der Waals surface area (Å²) >= 11 is 2.48. The number of hydrogen-bond donors (Lipinski definition) is 1. The maximum absolute atomic E-state index is 11.9. The lowest BCUT2D eigenvalue weighted by Gasteiger charge is -2.15. The summed E-state index contributed by atoms with van der Waals surface area (Å²) in [5, 5.41) is 2.23. The highest BCUT2D eigenvalue weighted by Crippen LogP contribution is 2.18. The van der Waals surface area contributed by atoms with Crippen molar-refractivity contribution >= 4 is 52.2 Å². The number of nitrogens with zero attached hydrogens (tertiary/aromatic N) is 1. The zero-order chi connectivity index (χ0) is 18.4. The molecule has 1 fully saturated rings.